The molecule has 0 heterocycles. The lowest BCUT2D eigenvalue weighted by molar-refractivity contribution is 0.0953. The van der Waals surface area contributed by atoms with Gasteiger partial charge in [-0.05, 0) is 80.3 Å². The number of amides is 1. The zero-order valence-electron chi connectivity index (χ0n) is 10.4. The summed E-state index contributed by atoms with van der Waals surface area (Å²) in [6.07, 6.45) is 2.13. The van der Waals surface area contributed by atoms with E-state index in [0.717, 1.165) is 35.1 Å². The lowest BCUT2D eigenvalue weighted by atomic mass is 10.2. The van der Waals surface area contributed by atoms with Gasteiger partial charge in [0.15, 0.2) is 0 Å². The maximum atomic E-state index is 11.7. The van der Waals surface area contributed by atoms with Crippen LogP contribution in [0.3, 0.4) is 0 Å². The van der Waals surface area contributed by atoms with Gasteiger partial charge in [-0.1, -0.05) is 0 Å². The molecule has 3 nitrogen and oxygen atoms in total. The summed E-state index contributed by atoms with van der Waals surface area (Å²) in [6, 6.07) is 7.61. The number of hydrogen-bond acceptors (Lipinski definition) is 2. The van der Waals surface area contributed by atoms with E-state index < -0.39 is 0 Å². The molecule has 1 N–H and O–H groups in total. The first-order chi connectivity index (χ1) is 8.09. The number of unbranched alkanes of at least 4 members (excludes halogenated alkanes) is 1. The van der Waals surface area contributed by atoms with Crippen molar-refractivity contribution in [1.29, 1.82) is 0 Å². The van der Waals surface area contributed by atoms with Crippen LogP contribution in [0.5, 0.6) is 0 Å². The minimum atomic E-state index is 0.0197. The van der Waals surface area contributed by atoms with E-state index in [4.69, 9.17) is 0 Å². The zero-order valence-corrected chi connectivity index (χ0v) is 12.5. The molecule has 0 spiro atoms. The third-order valence-corrected chi connectivity index (χ3v) is 3.14. The third-order valence-electron chi connectivity index (χ3n) is 2.42. The number of carbonyl (C=O) groups is 1. The van der Waals surface area contributed by atoms with Crippen LogP contribution in [0.2, 0.25) is 0 Å². The highest BCUT2D eigenvalue weighted by molar-refractivity contribution is 14.1. The van der Waals surface area contributed by atoms with Crippen molar-refractivity contribution >= 4 is 28.5 Å². The van der Waals surface area contributed by atoms with Gasteiger partial charge in [0.25, 0.3) is 5.91 Å². The van der Waals surface area contributed by atoms with Gasteiger partial charge in [0.1, 0.15) is 0 Å². The normalized spacial score (nSPS) is 10.6. The fourth-order valence-corrected chi connectivity index (χ4v) is 1.82. The highest BCUT2D eigenvalue weighted by Crippen LogP contribution is 2.06. The first kappa shape index (κ1) is 14.4. The molecular formula is C13H19IN2O. The molecule has 1 amide bonds. The van der Waals surface area contributed by atoms with Gasteiger partial charge in [0, 0.05) is 15.7 Å². The van der Waals surface area contributed by atoms with Crippen LogP contribution in [0.4, 0.5) is 0 Å². The van der Waals surface area contributed by atoms with Crippen LogP contribution >= 0.6 is 22.6 Å². The molecule has 0 saturated heterocycles. The fraction of sp³-hybridized carbons (Fsp3) is 0.462. The van der Waals surface area contributed by atoms with E-state index in [1.807, 2.05) is 24.3 Å². The molecule has 1 aromatic carbocycles. The van der Waals surface area contributed by atoms with E-state index >= 15 is 0 Å². The quantitative estimate of drug-likeness (QED) is 0.631. The van der Waals surface area contributed by atoms with Crippen molar-refractivity contribution in [3.05, 3.63) is 33.4 Å². The molecule has 0 atom stereocenters. The van der Waals surface area contributed by atoms with Crippen LogP contribution in [0, 0.1) is 3.57 Å². The topological polar surface area (TPSA) is 32.3 Å². The summed E-state index contributed by atoms with van der Waals surface area (Å²) in [6.45, 7) is 1.82. The summed E-state index contributed by atoms with van der Waals surface area (Å²) >= 11 is 2.23. The molecular weight excluding hydrogens is 331 g/mol. The maximum absolute atomic E-state index is 11.7. The Morgan fingerprint density at radius 1 is 1.24 bits per heavy atom. The average molecular weight is 350 g/mol. The molecule has 0 aliphatic heterocycles. The molecule has 0 aromatic heterocycles. The Hall–Kier alpha value is -0.620. The molecule has 1 rings (SSSR count). The van der Waals surface area contributed by atoms with E-state index in [1.165, 1.54) is 0 Å². The van der Waals surface area contributed by atoms with Crippen molar-refractivity contribution in [3.8, 4) is 0 Å². The minimum absolute atomic E-state index is 0.0197. The Morgan fingerprint density at radius 3 is 2.47 bits per heavy atom. The van der Waals surface area contributed by atoms with Gasteiger partial charge in [0.2, 0.25) is 0 Å². The largest absolute Gasteiger partial charge is 0.352 e. The number of rotatable bonds is 6. The van der Waals surface area contributed by atoms with Gasteiger partial charge < -0.3 is 10.2 Å². The van der Waals surface area contributed by atoms with Crippen LogP contribution < -0.4 is 5.32 Å². The van der Waals surface area contributed by atoms with E-state index in [2.05, 4.69) is 46.9 Å². The molecule has 0 aliphatic carbocycles. The number of halogens is 1. The van der Waals surface area contributed by atoms with Crippen molar-refractivity contribution in [2.75, 3.05) is 27.2 Å². The molecule has 0 radical (unpaired) electrons. The second-order valence-electron chi connectivity index (χ2n) is 4.27. The molecule has 0 unspecified atom stereocenters. The lowest BCUT2D eigenvalue weighted by Gasteiger charge is -2.09. The summed E-state index contributed by atoms with van der Waals surface area (Å²) in [7, 11) is 4.12. The van der Waals surface area contributed by atoms with Crippen molar-refractivity contribution in [2.45, 2.75) is 12.8 Å². The van der Waals surface area contributed by atoms with Crippen LogP contribution in [0.25, 0.3) is 0 Å². The standard InChI is InChI=1S/C13H19IN2O/c1-16(2)10-4-3-9-15-13(17)11-5-7-12(14)8-6-11/h5-8H,3-4,9-10H2,1-2H3,(H,15,17)/i14+4. The maximum Gasteiger partial charge on any atom is 0.251 e. The van der Waals surface area contributed by atoms with Gasteiger partial charge in [0.05, 0.1) is 0 Å². The van der Waals surface area contributed by atoms with Crippen LogP contribution in [0.1, 0.15) is 23.2 Å². The highest BCUT2D eigenvalue weighted by atomic mass is 131. The number of nitrogens with zero attached hydrogens (tertiary/aromatic N) is 1. The molecule has 1 aromatic rings. The van der Waals surface area contributed by atoms with Crippen molar-refractivity contribution in [1.82, 2.24) is 10.2 Å². The first-order valence-electron chi connectivity index (χ1n) is 5.78. The van der Waals surface area contributed by atoms with E-state index in [0.29, 0.717) is 0 Å². The van der Waals surface area contributed by atoms with Crippen molar-refractivity contribution < 1.29 is 4.79 Å². The summed E-state index contributed by atoms with van der Waals surface area (Å²) in [5.74, 6) is 0.0197. The fourth-order valence-electron chi connectivity index (χ4n) is 1.46. The van der Waals surface area contributed by atoms with Crippen molar-refractivity contribution in [2.24, 2.45) is 0 Å². The summed E-state index contributed by atoms with van der Waals surface area (Å²) in [4.78, 5) is 13.9. The van der Waals surface area contributed by atoms with E-state index in [1.54, 1.807) is 0 Å². The van der Waals surface area contributed by atoms with Crippen LogP contribution in [0.15, 0.2) is 24.3 Å². The highest BCUT2D eigenvalue weighted by Gasteiger charge is 2.03. The Labute approximate surface area is 117 Å². The summed E-state index contributed by atoms with van der Waals surface area (Å²) in [5, 5.41) is 2.93. The van der Waals surface area contributed by atoms with Gasteiger partial charge in [-0.3, -0.25) is 4.79 Å². The van der Waals surface area contributed by atoms with Gasteiger partial charge in [-0.2, -0.15) is 0 Å². The Bertz CT molecular complexity index is 349. The smallest absolute Gasteiger partial charge is 0.251 e. The number of benzene rings is 1. The molecule has 0 bridgehead atoms. The third kappa shape index (κ3) is 6.02. The Morgan fingerprint density at radius 2 is 1.88 bits per heavy atom. The predicted octanol–water partition coefficient (Wildman–Crippen LogP) is 2.36. The zero-order chi connectivity index (χ0) is 12.7. The van der Waals surface area contributed by atoms with Gasteiger partial charge in [-0.15, -0.1) is 0 Å². The lowest BCUT2D eigenvalue weighted by Crippen LogP contribution is -2.25. The number of nitrogens with one attached hydrogen (secondary N) is 1. The average Bonchev–Trinajstić information content (AvgIpc) is 2.29. The minimum Gasteiger partial charge on any atom is -0.352 e. The molecule has 4 heteroatoms. The second-order valence-corrected chi connectivity index (χ2v) is 5.52. The van der Waals surface area contributed by atoms with Crippen LogP contribution in [-0.4, -0.2) is 38.0 Å². The van der Waals surface area contributed by atoms with E-state index in [-0.39, 0.29) is 5.91 Å². The molecule has 17 heavy (non-hydrogen) atoms. The Balaban J connectivity index is 2.23. The first-order valence-corrected chi connectivity index (χ1v) is 6.86. The van der Waals surface area contributed by atoms with Gasteiger partial charge >= 0.3 is 0 Å². The molecule has 0 saturated carbocycles. The van der Waals surface area contributed by atoms with Gasteiger partial charge in [-0.25, -0.2) is 0 Å². The van der Waals surface area contributed by atoms with Crippen LogP contribution in [-0.2, 0) is 0 Å². The van der Waals surface area contributed by atoms with E-state index in [9.17, 15) is 4.79 Å². The molecule has 94 valence electrons. The Kier molecular flexibility index (Phi) is 6.50. The second kappa shape index (κ2) is 7.66. The number of carbonyl (C=O) groups excluding carboxylic acids is 1. The van der Waals surface area contributed by atoms with Crippen molar-refractivity contribution in [3.63, 3.8) is 0 Å². The SMILES string of the molecule is CN(C)CCCCNC(=O)c1ccc([131I])cc1. The molecule has 0 aliphatic rings. The summed E-state index contributed by atoms with van der Waals surface area (Å²) in [5.41, 5.74) is 0.734. The number of hydrogen-bond donors (Lipinski definition) is 1. The molecule has 0 fully saturated rings. The predicted molar refractivity (Wildman–Crippen MR) is 79.3 cm³/mol. The summed E-state index contributed by atoms with van der Waals surface area (Å²) < 4.78 is 1.14. The monoisotopic (exact) mass is 350 g/mol.